The van der Waals surface area contributed by atoms with Crippen molar-refractivity contribution in [3.63, 3.8) is 0 Å². The van der Waals surface area contributed by atoms with Crippen LogP contribution in [0.1, 0.15) is 13.8 Å². The molecule has 1 rings (SSSR count). The summed E-state index contributed by atoms with van der Waals surface area (Å²) in [5.74, 6) is 6.37. The average Bonchev–Trinajstić information content (AvgIpc) is 1.77. The van der Waals surface area contributed by atoms with Crippen LogP contribution in [0.3, 0.4) is 0 Å². The molecule has 2 unspecified atom stereocenters. The van der Waals surface area contributed by atoms with Crippen LogP contribution < -0.4 is 0 Å². The Bertz CT molecular complexity index is 129. The van der Waals surface area contributed by atoms with Gasteiger partial charge in [0.2, 0.25) is 0 Å². The van der Waals surface area contributed by atoms with Crippen LogP contribution in [-0.4, -0.2) is 12.7 Å². The molecule has 0 radical (unpaired) electrons. The summed E-state index contributed by atoms with van der Waals surface area (Å²) in [6.45, 7) is 4.75. The number of rotatable bonds is 0. The molecule has 44 valence electrons. The Labute approximate surface area is 50.0 Å². The first-order chi connectivity index (χ1) is 3.80. The molecule has 8 heavy (non-hydrogen) atoms. The second-order valence-corrected chi connectivity index (χ2v) is 2.13. The molecule has 1 heteroatoms. The van der Waals surface area contributed by atoms with Gasteiger partial charge in [-0.25, -0.2) is 0 Å². The van der Waals surface area contributed by atoms with E-state index >= 15 is 0 Å². The van der Waals surface area contributed by atoms with Crippen molar-refractivity contribution in [2.75, 3.05) is 6.61 Å². The van der Waals surface area contributed by atoms with Crippen LogP contribution in [0.2, 0.25) is 0 Å². The van der Waals surface area contributed by atoms with Gasteiger partial charge in [0.25, 0.3) is 0 Å². The first kappa shape index (κ1) is 5.65. The van der Waals surface area contributed by atoms with Crippen LogP contribution in [-0.2, 0) is 4.74 Å². The summed E-state index contributed by atoms with van der Waals surface area (Å²) in [6, 6.07) is 0. The lowest BCUT2D eigenvalue weighted by Crippen LogP contribution is -2.20. The van der Waals surface area contributed by atoms with Crippen molar-refractivity contribution >= 4 is 0 Å². The summed E-state index contributed by atoms with van der Waals surface area (Å²) in [5.41, 5.74) is 0. The van der Waals surface area contributed by atoms with Gasteiger partial charge in [-0.1, -0.05) is 11.8 Å². The highest BCUT2D eigenvalue weighted by atomic mass is 16.5. The molecule has 0 aromatic carbocycles. The summed E-state index contributed by atoms with van der Waals surface area (Å²) >= 11 is 0. The van der Waals surface area contributed by atoms with E-state index in [2.05, 4.69) is 25.7 Å². The van der Waals surface area contributed by atoms with E-state index in [9.17, 15) is 0 Å². The predicted molar refractivity (Wildman–Crippen MR) is 32.4 cm³/mol. The Hall–Kier alpha value is -0.480. The molecule has 0 aromatic heterocycles. The fourth-order valence-corrected chi connectivity index (χ4v) is 0.637. The van der Waals surface area contributed by atoms with Crippen molar-refractivity contribution in [2.24, 2.45) is 5.92 Å². The monoisotopic (exact) mass is 110 g/mol. The normalized spacial score (nSPS) is 35.8. The lowest BCUT2D eigenvalue weighted by molar-refractivity contribution is 0.0624. The molecular formula is C7H10O. The van der Waals surface area contributed by atoms with Gasteiger partial charge < -0.3 is 4.74 Å². The highest BCUT2D eigenvalue weighted by Crippen LogP contribution is 2.07. The SMILES string of the molecule is CC1C#CCOC1C. The van der Waals surface area contributed by atoms with Gasteiger partial charge in [0.1, 0.15) is 6.61 Å². The van der Waals surface area contributed by atoms with E-state index in [4.69, 9.17) is 4.74 Å². The maximum atomic E-state index is 5.22. The zero-order valence-corrected chi connectivity index (χ0v) is 5.27. The Morgan fingerprint density at radius 1 is 1.50 bits per heavy atom. The molecule has 0 amide bonds. The van der Waals surface area contributed by atoms with Crippen LogP contribution in [0.25, 0.3) is 0 Å². The topological polar surface area (TPSA) is 9.23 Å². The molecule has 0 spiro atoms. The van der Waals surface area contributed by atoms with Gasteiger partial charge in [0.05, 0.1) is 6.10 Å². The third-order valence-electron chi connectivity index (χ3n) is 1.45. The molecule has 0 saturated heterocycles. The lowest BCUT2D eigenvalue weighted by Gasteiger charge is -2.16. The van der Waals surface area contributed by atoms with E-state index in [1.54, 1.807) is 0 Å². The van der Waals surface area contributed by atoms with Gasteiger partial charge >= 0.3 is 0 Å². The number of ether oxygens (including phenoxy) is 1. The molecule has 1 nitrogen and oxygen atoms in total. The van der Waals surface area contributed by atoms with E-state index in [0.29, 0.717) is 18.6 Å². The molecule has 1 aliphatic rings. The van der Waals surface area contributed by atoms with Gasteiger partial charge in [-0.15, -0.1) is 0 Å². The van der Waals surface area contributed by atoms with Crippen LogP contribution in [0.4, 0.5) is 0 Å². The lowest BCUT2D eigenvalue weighted by atomic mass is 10.1. The number of hydrogen-bond acceptors (Lipinski definition) is 1. The van der Waals surface area contributed by atoms with E-state index in [1.807, 2.05) is 0 Å². The molecular weight excluding hydrogens is 100 g/mol. The summed E-state index contributed by atoms with van der Waals surface area (Å²) in [7, 11) is 0. The van der Waals surface area contributed by atoms with E-state index in [0.717, 1.165) is 0 Å². The van der Waals surface area contributed by atoms with E-state index in [1.165, 1.54) is 0 Å². The Balaban J connectivity index is 2.55. The molecule has 1 heterocycles. The molecule has 2 atom stereocenters. The van der Waals surface area contributed by atoms with Gasteiger partial charge in [0.15, 0.2) is 0 Å². The van der Waals surface area contributed by atoms with E-state index in [-0.39, 0.29) is 0 Å². The van der Waals surface area contributed by atoms with Gasteiger partial charge in [-0.05, 0) is 13.8 Å². The average molecular weight is 110 g/mol. The number of hydrogen-bond donors (Lipinski definition) is 0. The van der Waals surface area contributed by atoms with Crippen molar-refractivity contribution in [3.05, 3.63) is 0 Å². The Morgan fingerprint density at radius 3 is 2.62 bits per heavy atom. The minimum Gasteiger partial charge on any atom is -0.365 e. The summed E-state index contributed by atoms with van der Waals surface area (Å²) in [5, 5.41) is 0. The van der Waals surface area contributed by atoms with Crippen molar-refractivity contribution in [3.8, 4) is 11.8 Å². The van der Waals surface area contributed by atoms with Crippen LogP contribution in [0.5, 0.6) is 0 Å². The fourth-order valence-electron chi connectivity index (χ4n) is 0.637. The third-order valence-corrected chi connectivity index (χ3v) is 1.45. The molecule has 0 fully saturated rings. The first-order valence-corrected chi connectivity index (χ1v) is 2.90. The summed E-state index contributed by atoms with van der Waals surface area (Å²) < 4.78 is 5.22. The van der Waals surface area contributed by atoms with Crippen molar-refractivity contribution in [1.29, 1.82) is 0 Å². The predicted octanol–water partition coefficient (Wildman–Crippen LogP) is 1.04. The van der Waals surface area contributed by atoms with Gasteiger partial charge in [-0.3, -0.25) is 0 Å². The molecule has 0 aliphatic carbocycles. The van der Waals surface area contributed by atoms with Crippen molar-refractivity contribution < 1.29 is 4.74 Å². The smallest absolute Gasteiger partial charge is 0.108 e. The standard InChI is InChI=1S/C7H10O/c1-6-4-3-5-8-7(6)2/h6-7H,5H2,1-2H3. The second kappa shape index (κ2) is 2.19. The third kappa shape index (κ3) is 1.02. The van der Waals surface area contributed by atoms with Crippen molar-refractivity contribution in [1.82, 2.24) is 0 Å². The molecule has 0 N–H and O–H groups in total. The zero-order chi connectivity index (χ0) is 5.98. The first-order valence-electron chi connectivity index (χ1n) is 2.90. The van der Waals surface area contributed by atoms with E-state index < -0.39 is 0 Å². The fraction of sp³-hybridized carbons (Fsp3) is 0.714. The minimum atomic E-state index is 0.330. The Morgan fingerprint density at radius 2 is 2.25 bits per heavy atom. The highest BCUT2D eigenvalue weighted by Gasteiger charge is 2.11. The van der Waals surface area contributed by atoms with Gasteiger partial charge in [-0.2, -0.15) is 0 Å². The molecule has 0 aromatic rings. The largest absolute Gasteiger partial charge is 0.365 e. The maximum absolute atomic E-state index is 5.22. The molecule has 0 saturated carbocycles. The molecule has 0 bridgehead atoms. The zero-order valence-electron chi connectivity index (χ0n) is 5.27. The Kier molecular flexibility index (Phi) is 1.55. The summed E-state index contributed by atoms with van der Waals surface area (Å²) in [4.78, 5) is 0. The van der Waals surface area contributed by atoms with Gasteiger partial charge in [0, 0.05) is 5.92 Å². The molecule has 1 aliphatic heterocycles. The summed E-state index contributed by atoms with van der Waals surface area (Å²) in [6.07, 6.45) is 0.330. The maximum Gasteiger partial charge on any atom is 0.108 e. The van der Waals surface area contributed by atoms with Crippen molar-refractivity contribution in [2.45, 2.75) is 20.0 Å². The quantitative estimate of drug-likeness (QED) is 0.423. The minimum absolute atomic E-state index is 0.330. The highest BCUT2D eigenvalue weighted by molar-refractivity contribution is 5.07. The van der Waals surface area contributed by atoms with Crippen LogP contribution in [0.15, 0.2) is 0 Å². The van der Waals surface area contributed by atoms with Crippen LogP contribution >= 0.6 is 0 Å². The van der Waals surface area contributed by atoms with Crippen LogP contribution in [0, 0.1) is 17.8 Å². The second-order valence-electron chi connectivity index (χ2n) is 2.13.